The number of hydrogen-bond donors (Lipinski definition) is 2. The van der Waals surface area contributed by atoms with Gasteiger partial charge in [-0.25, -0.2) is 0 Å². The van der Waals surface area contributed by atoms with Crippen LogP contribution in [0.25, 0.3) is 0 Å². The van der Waals surface area contributed by atoms with E-state index < -0.39 is 11.7 Å². The summed E-state index contributed by atoms with van der Waals surface area (Å²) in [6, 6.07) is 5.30. The minimum atomic E-state index is -4.34. The maximum Gasteiger partial charge on any atom is 0.416 e. The number of nitrogens with one attached hydrogen (secondary N) is 2. The first-order valence-corrected chi connectivity index (χ1v) is 6.51. The zero-order valence-corrected chi connectivity index (χ0v) is 10.9. The Balaban J connectivity index is 1.60. The molecular formula is C13H13F3N4O. The summed E-state index contributed by atoms with van der Waals surface area (Å²) in [6.07, 6.45) is -2.03. The second-order valence-corrected chi connectivity index (χ2v) is 4.86. The number of hydrogen-bond acceptors (Lipinski definition) is 5. The molecule has 1 heterocycles. The number of aromatic nitrogens is 2. The van der Waals surface area contributed by atoms with Gasteiger partial charge in [0.15, 0.2) is 0 Å². The predicted octanol–water partition coefficient (Wildman–Crippen LogP) is 3.08. The van der Waals surface area contributed by atoms with E-state index in [2.05, 4.69) is 20.8 Å². The first kappa shape index (κ1) is 13.9. The molecule has 2 aromatic rings. The summed E-state index contributed by atoms with van der Waals surface area (Å²) in [5, 5.41) is 13.6. The summed E-state index contributed by atoms with van der Waals surface area (Å²) in [5.41, 5.74) is -0.249. The topological polar surface area (TPSA) is 63.0 Å². The van der Waals surface area contributed by atoms with Crippen molar-refractivity contribution < 1.29 is 17.6 Å². The normalized spacial score (nSPS) is 15.2. The fourth-order valence-electron chi connectivity index (χ4n) is 1.76. The van der Waals surface area contributed by atoms with E-state index in [1.807, 2.05) is 0 Å². The van der Waals surface area contributed by atoms with Crippen LogP contribution in [0.2, 0.25) is 0 Å². The molecule has 0 aliphatic heterocycles. The summed E-state index contributed by atoms with van der Waals surface area (Å²) in [5.74, 6) is 0.441. The molecule has 0 spiro atoms. The fraction of sp³-hybridized carbons (Fsp3) is 0.385. The number of alkyl halides is 3. The zero-order valence-electron chi connectivity index (χ0n) is 10.9. The Kier molecular flexibility index (Phi) is 3.54. The molecule has 0 bridgehead atoms. The molecule has 3 rings (SSSR count). The first-order valence-electron chi connectivity index (χ1n) is 6.51. The molecule has 0 atom stereocenters. The molecule has 5 nitrogen and oxygen atoms in total. The quantitative estimate of drug-likeness (QED) is 0.888. The number of halogens is 3. The largest absolute Gasteiger partial charge is 0.416 e. The van der Waals surface area contributed by atoms with E-state index in [4.69, 9.17) is 4.42 Å². The van der Waals surface area contributed by atoms with Gasteiger partial charge in [-0.05, 0) is 37.1 Å². The Morgan fingerprint density at radius 1 is 1.14 bits per heavy atom. The van der Waals surface area contributed by atoms with E-state index >= 15 is 0 Å². The van der Waals surface area contributed by atoms with Gasteiger partial charge in [0.1, 0.15) is 0 Å². The molecular weight excluding hydrogens is 285 g/mol. The molecule has 0 amide bonds. The summed E-state index contributed by atoms with van der Waals surface area (Å²) >= 11 is 0. The van der Waals surface area contributed by atoms with Crippen LogP contribution in [0.15, 0.2) is 28.7 Å². The van der Waals surface area contributed by atoms with Crippen LogP contribution in [-0.4, -0.2) is 16.2 Å². The second-order valence-electron chi connectivity index (χ2n) is 4.86. The molecule has 8 heteroatoms. The van der Waals surface area contributed by atoms with Crippen molar-refractivity contribution in [1.82, 2.24) is 15.5 Å². The molecule has 1 aromatic carbocycles. The second kappa shape index (κ2) is 5.36. The van der Waals surface area contributed by atoms with Crippen molar-refractivity contribution in [1.29, 1.82) is 0 Å². The number of benzene rings is 1. The van der Waals surface area contributed by atoms with Gasteiger partial charge in [0, 0.05) is 11.7 Å². The van der Waals surface area contributed by atoms with Gasteiger partial charge in [0.25, 0.3) is 0 Å². The monoisotopic (exact) mass is 298 g/mol. The Hall–Kier alpha value is -2.09. The van der Waals surface area contributed by atoms with Crippen molar-refractivity contribution in [3.8, 4) is 0 Å². The van der Waals surface area contributed by atoms with E-state index in [0.717, 1.165) is 25.0 Å². The van der Waals surface area contributed by atoms with Gasteiger partial charge >= 0.3 is 12.2 Å². The third-order valence-electron chi connectivity index (χ3n) is 3.05. The van der Waals surface area contributed by atoms with Crippen molar-refractivity contribution >= 4 is 11.7 Å². The van der Waals surface area contributed by atoms with Crippen LogP contribution in [0.4, 0.5) is 24.9 Å². The van der Waals surface area contributed by atoms with Crippen LogP contribution in [0.5, 0.6) is 0 Å². The van der Waals surface area contributed by atoms with Gasteiger partial charge in [-0.3, -0.25) is 0 Å². The molecule has 0 unspecified atom stereocenters. The average molecular weight is 298 g/mol. The van der Waals surface area contributed by atoms with Gasteiger partial charge in [-0.15, -0.1) is 5.10 Å². The van der Waals surface area contributed by atoms with Crippen LogP contribution in [0.3, 0.4) is 0 Å². The fourth-order valence-corrected chi connectivity index (χ4v) is 1.76. The van der Waals surface area contributed by atoms with Crippen LogP contribution >= 0.6 is 0 Å². The first-order chi connectivity index (χ1) is 10.0. The van der Waals surface area contributed by atoms with Gasteiger partial charge in [-0.1, -0.05) is 5.10 Å². The number of anilines is 2. The zero-order chi connectivity index (χ0) is 14.9. The molecule has 1 fully saturated rings. The molecule has 0 saturated heterocycles. The van der Waals surface area contributed by atoms with E-state index in [1.54, 1.807) is 0 Å². The lowest BCUT2D eigenvalue weighted by molar-refractivity contribution is -0.137. The molecule has 21 heavy (non-hydrogen) atoms. The highest BCUT2D eigenvalue weighted by Gasteiger charge is 2.30. The highest BCUT2D eigenvalue weighted by Crippen LogP contribution is 2.30. The third-order valence-corrected chi connectivity index (χ3v) is 3.05. The lowest BCUT2D eigenvalue weighted by atomic mass is 10.2. The number of rotatable bonds is 5. The van der Waals surface area contributed by atoms with Crippen LogP contribution in [0, 0.1) is 0 Å². The summed E-state index contributed by atoms with van der Waals surface area (Å²) < 4.78 is 42.7. The highest BCUT2D eigenvalue weighted by molar-refractivity contribution is 5.52. The van der Waals surface area contributed by atoms with Gasteiger partial charge in [0.2, 0.25) is 5.89 Å². The summed E-state index contributed by atoms with van der Waals surface area (Å²) in [6.45, 7) is 0.492. The van der Waals surface area contributed by atoms with E-state index in [-0.39, 0.29) is 6.01 Å². The van der Waals surface area contributed by atoms with Crippen molar-refractivity contribution in [3.63, 3.8) is 0 Å². The minimum Gasteiger partial charge on any atom is -0.406 e. The lowest BCUT2D eigenvalue weighted by Gasteiger charge is -2.07. The summed E-state index contributed by atoms with van der Waals surface area (Å²) in [4.78, 5) is 0. The lowest BCUT2D eigenvalue weighted by Crippen LogP contribution is -2.15. The third kappa shape index (κ3) is 3.72. The molecule has 1 saturated carbocycles. The van der Waals surface area contributed by atoms with Crippen LogP contribution in [0.1, 0.15) is 24.3 Å². The Labute approximate surface area is 118 Å². The predicted molar refractivity (Wildman–Crippen MR) is 68.9 cm³/mol. The maximum atomic E-state index is 12.4. The van der Waals surface area contributed by atoms with Gasteiger partial charge < -0.3 is 15.1 Å². The van der Waals surface area contributed by atoms with E-state index in [1.165, 1.54) is 12.1 Å². The molecule has 2 N–H and O–H groups in total. The SMILES string of the molecule is FC(F)(F)c1ccc(Nc2nnc(CNC3CC3)o2)cc1. The van der Waals surface area contributed by atoms with Crippen molar-refractivity contribution in [3.05, 3.63) is 35.7 Å². The smallest absolute Gasteiger partial charge is 0.406 e. The maximum absolute atomic E-state index is 12.4. The molecule has 1 aromatic heterocycles. The summed E-state index contributed by atoms with van der Waals surface area (Å²) in [7, 11) is 0. The van der Waals surface area contributed by atoms with Crippen molar-refractivity contribution in [2.24, 2.45) is 0 Å². The molecule has 0 radical (unpaired) electrons. The standard InChI is InChI=1S/C13H13F3N4O/c14-13(15,16)8-1-3-10(4-2-8)18-12-20-19-11(21-12)7-17-9-5-6-9/h1-4,9,17H,5-7H2,(H,18,20). The highest BCUT2D eigenvalue weighted by atomic mass is 19.4. The number of nitrogens with zero attached hydrogens (tertiary/aromatic N) is 2. The Bertz CT molecular complexity index is 605. The van der Waals surface area contributed by atoms with Crippen LogP contribution < -0.4 is 10.6 Å². The van der Waals surface area contributed by atoms with Gasteiger partial charge in [0.05, 0.1) is 12.1 Å². The van der Waals surface area contributed by atoms with E-state index in [0.29, 0.717) is 24.2 Å². The van der Waals surface area contributed by atoms with Gasteiger partial charge in [-0.2, -0.15) is 13.2 Å². The molecule has 1 aliphatic carbocycles. The van der Waals surface area contributed by atoms with Crippen LogP contribution in [-0.2, 0) is 12.7 Å². The van der Waals surface area contributed by atoms with E-state index in [9.17, 15) is 13.2 Å². The molecule has 1 aliphatic rings. The van der Waals surface area contributed by atoms with Crippen molar-refractivity contribution in [2.75, 3.05) is 5.32 Å². The Morgan fingerprint density at radius 2 is 1.86 bits per heavy atom. The average Bonchev–Trinajstić information content (AvgIpc) is 3.16. The Morgan fingerprint density at radius 3 is 2.48 bits per heavy atom. The van der Waals surface area contributed by atoms with Crippen molar-refractivity contribution in [2.45, 2.75) is 31.6 Å². The minimum absolute atomic E-state index is 0.155. The molecule has 112 valence electrons.